The first-order valence-corrected chi connectivity index (χ1v) is 14.5. The van der Waals surface area contributed by atoms with Gasteiger partial charge in [-0.1, -0.05) is 133 Å². The van der Waals surface area contributed by atoms with Crippen molar-refractivity contribution in [1.29, 1.82) is 5.26 Å². The third-order valence-electron chi connectivity index (χ3n) is 6.26. The van der Waals surface area contributed by atoms with Crippen molar-refractivity contribution in [3.8, 4) is 6.07 Å². The molecule has 4 rings (SSSR count). The lowest BCUT2D eigenvalue weighted by molar-refractivity contribution is 1.48. The lowest BCUT2D eigenvalue weighted by atomic mass is 10.1. The number of benzene rings is 4. The molecular weight excluding hydrogens is 440 g/mol. The summed E-state index contributed by atoms with van der Waals surface area (Å²) in [6.45, 7) is 11.8. The number of hydrogen-bond donors (Lipinski definition) is 0. The van der Waals surface area contributed by atoms with Gasteiger partial charge in [0.25, 0.3) is 0 Å². The quantitative estimate of drug-likeness (QED) is 0.167. The number of nitriles is 1. The van der Waals surface area contributed by atoms with Crippen molar-refractivity contribution in [2.75, 3.05) is 0 Å². The molecule has 0 aliphatic rings. The Hall–Kier alpha value is -4.44. The topological polar surface area (TPSA) is 28.1 Å². The van der Waals surface area contributed by atoms with E-state index in [2.05, 4.69) is 96.8 Å². The monoisotopic (exact) mass is 466 g/mol. The van der Waals surface area contributed by atoms with E-state index in [1.807, 2.05) is 48.5 Å². The zero-order chi connectivity index (χ0) is 24.7. The number of hydrogen-bond acceptors (Lipinski definition) is 1. The van der Waals surface area contributed by atoms with Gasteiger partial charge in [-0.25, -0.2) is 4.85 Å². The average molecular weight is 467 g/mol. The van der Waals surface area contributed by atoms with E-state index in [1.54, 1.807) is 0 Å². The molecule has 0 aromatic heterocycles. The second-order valence-electron chi connectivity index (χ2n) is 8.97. The standard InChI is InChI=1S/C32H26N2Si/c1-34-30-18-12-26(13-19-30)5-7-28-16-22-32(23-17-28)35(2,3)31-20-14-27(15-21-31)6-4-25-8-10-29(24-33)11-9-25/h4-23H,2-3H3. The first-order valence-electron chi connectivity index (χ1n) is 11.5. The molecule has 0 aliphatic carbocycles. The first-order chi connectivity index (χ1) is 17.0. The maximum atomic E-state index is 8.93. The molecule has 0 spiro atoms. The van der Waals surface area contributed by atoms with Crippen LogP contribution in [0.15, 0.2) is 97.1 Å². The van der Waals surface area contributed by atoms with Gasteiger partial charge in [-0.3, -0.25) is 0 Å². The summed E-state index contributed by atoms with van der Waals surface area (Å²) < 4.78 is 0. The normalized spacial score (nSPS) is 11.4. The van der Waals surface area contributed by atoms with E-state index < -0.39 is 8.07 Å². The molecule has 35 heavy (non-hydrogen) atoms. The highest BCUT2D eigenvalue weighted by atomic mass is 28.3. The molecule has 0 aliphatic heterocycles. The highest BCUT2D eigenvalue weighted by Crippen LogP contribution is 2.16. The molecule has 0 unspecified atom stereocenters. The summed E-state index contributed by atoms with van der Waals surface area (Å²) in [5.74, 6) is 0. The Morgan fingerprint density at radius 2 is 0.943 bits per heavy atom. The minimum atomic E-state index is -1.80. The highest BCUT2D eigenvalue weighted by Gasteiger charge is 2.25. The van der Waals surface area contributed by atoms with Crippen molar-refractivity contribution in [3.63, 3.8) is 0 Å². The number of nitrogens with zero attached hydrogens (tertiary/aromatic N) is 2. The van der Waals surface area contributed by atoms with Crippen molar-refractivity contribution >= 4 is 48.4 Å². The predicted molar refractivity (Wildman–Crippen MR) is 151 cm³/mol. The van der Waals surface area contributed by atoms with Crippen LogP contribution in [-0.4, -0.2) is 8.07 Å². The van der Waals surface area contributed by atoms with Crippen LogP contribution in [0.2, 0.25) is 13.1 Å². The van der Waals surface area contributed by atoms with Gasteiger partial charge in [-0.2, -0.15) is 5.26 Å². The third kappa shape index (κ3) is 5.92. The van der Waals surface area contributed by atoms with E-state index in [0.29, 0.717) is 11.3 Å². The van der Waals surface area contributed by atoms with Crippen molar-refractivity contribution in [1.82, 2.24) is 0 Å². The lowest BCUT2D eigenvalue weighted by Gasteiger charge is -2.24. The highest BCUT2D eigenvalue weighted by molar-refractivity contribution is 7.00. The van der Waals surface area contributed by atoms with E-state index in [1.165, 1.54) is 10.4 Å². The molecule has 0 saturated carbocycles. The SMILES string of the molecule is [C-]#[N+]c1ccc(C=Cc2ccc([Si](C)(C)c3ccc(C=Cc4ccc(C#N)cc4)cc3)cc2)cc1. The fraction of sp³-hybridized carbons (Fsp3) is 0.0625. The smallest absolute Gasteiger partial charge is 0.187 e. The summed E-state index contributed by atoms with van der Waals surface area (Å²) in [7, 11) is -1.80. The molecule has 0 saturated heterocycles. The van der Waals surface area contributed by atoms with Gasteiger partial charge < -0.3 is 0 Å². The van der Waals surface area contributed by atoms with Crippen LogP contribution >= 0.6 is 0 Å². The van der Waals surface area contributed by atoms with Gasteiger partial charge in [0, 0.05) is 0 Å². The maximum Gasteiger partial charge on any atom is 0.187 e. The summed E-state index contributed by atoms with van der Waals surface area (Å²) >= 11 is 0. The van der Waals surface area contributed by atoms with Crippen LogP contribution in [-0.2, 0) is 0 Å². The summed E-state index contributed by atoms with van der Waals surface area (Å²) in [5, 5.41) is 11.7. The Bertz CT molecular complexity index is 1310. The van der Waals surface area contributed by atoms with Crippen LogP contribution in [0.3, 0.4) is 0 Å². The molecule has 0 fully saturated rings. The van der Waals surface area contributed by atoms with Crippen molar-refractivity contribution in [3.05, 3.63) is 136 Å². The molecule has 0 amide bonds. The summed E-state index contributed by atoms with van der Waals surface area (Å²) in [4.78, 5) is 3.44. The van der Waals surface area contributed by atoms with Crippen molar-refractivity contribution in [2.24, 2.45) is 0 Å². The largest absolute Gasteiger partial charge is 0.238 e. The molecule has 2 nitrogen and oxygen atoms in total. The van der Waals surface area contributed by atoms with E-state index in [0.717, 1.165) is 22.3 Å². The van der Waals surface area contributed by atoms with E-state index >= 15 is 0 Å². The lowest BCUT2D eigenvalue weighted by Crippen LogP contribution is -2.52. The molecule has 168 valence electrons. The Morgan fingerprint density at radius 1 is 0.600 bits per heavy atom. The van der Waals surface area contributed by atoms with Crippen molar-refractivity contribution < 1.29 is 0 Å². The molecule has 0 bridgehead atoms. The van der Waals surface area contributed by atoms with Gasteiger partial charge >= 0.3 is 0 Å². The average Bonchev–Trinajstić information content (AvgIpc) is 2.92. The van der Waals surface area contributed by atoms with Crippen LogP contribution in [0.25, 0.3) is 29.1 Å². The van der Waals surface area contributed by atoms with Gasteiger partial charge in [0.15, 0.2) is 5.69 Å². The van der Waals surface area contributed by atoms with Gasteiger partial charge in [0.1, 0.15) is 8.07 Å². The summed E-state index contributed by atoms with van der Waals surface area (Å²) in [5.41, 5.74) is 5.83. The summed E-state index contributed by atoms with van der Waals surface area (Å²) in [6.07, 6.45) is 8.37. The Balaban J connectivity index is 1.44. The molecule has 0 radical (unpaired) electrons. The van der Waals surface area contributed by atoms with Gasteiger partial charge in [0.2, 0.25) is 0 Å². The first kappa shape index (κ1) is 23.7. The zero-order valence-corrected chi connectivity index (χ0v) is 20.9. The van der Waals surface area contributed by atoms with Crippen LogP contribution in [0.1, 0.15) is 27.8 Å². The molecular formula is C32H26N2Si. The van der Waals surface area contributed by atoms with Crippen LogP contribution in [0, 0.1) is 17.9 Å². The second kappa shape index (κ2) is 10.7. The Kier molecular flexibility index (Phi) is 7.22. The maximum absolute atomic E-state index is 8.93. The predicted octanol–water partition coefficient (Wildman–Crippen LogP) is 7.27. The minimum Gasteiger partial charge on any atom is -0.238 e. The molecule has 4 aromatic carbocycles. The third-order valence-corrected chi connectivity index (χ3v) is 9.82. The Morgan fingerprint density at radius 3 is 1.29 bits per heavy atom. The second-order valence-corrected chi connectivity index (χ2v) is 13.4. The molecule has 3 heteroatoms. The van der Waals surface area contributed by atoms with E-state index in [9.17, 15) is 0 Å². The van der Waals surface area contributed by atoms with Crippen LogP contribution < -0.4 is 10.4 Å². The van der Waals surface area contributed by atoms with E-state index in [4.69, 9.17) is 11.8 Å². The van der Waals surface area contributed by atoms with Crippen molar-refractivity contribution in [2.45, 2.75) is 13.1 Å². The fourth-order valence-electron chi connectivity index (χ4n) is 3.90. The van der Waals surface area contributed by atoms with Crippen LogP contribution in [0.4, 0.5) is 5.69 Å². The summed E-state index contributed by atoms with van der Waals surface area (Å²) in [6, 6.07) is 35.1. The van der Waals surface area contributed by atoms with Gasteiger partial charge in [-0.15, -0.1) is 0 Å². The Labute approximate surface area is 209 Å². The molecule has 0 heterocycles. The van der Waals surface area contributed by atoms with E-state index in [-0.39, 0.29) is 0 Å². The molecule has 0 atom stereocenters. The molecule has 0 N–H and O–H groups in total. The van der Waals surface area contributed by atoms with Gasteiger partial charge in [0.05, 0.1) is 18.2 Å². The van der Waals surface area contributed by atoms with Gasteiger partial charge in [-0.05, 0) is 34.4 Å². The molecule has 4 aromatic rings. The van der Waals surface area contributed by atoms with Crippen LogP contribution in [0.5, 0.6) is 0 Å². The number of rotatable bonds is 6. The zero-order valence-electron chi connectivity index (χ0n) is 19.9. The fourth-order valence-corrected chi connectivity index (χ4v) is 6.24. The minimum absolute atomic E-state index is 0.661.